The zero-order valence-corrected chi connectivity index (χ0v) is 11.9. The number of ether oxygens (including phenoxy) is 1. The molecule has 1 aromatic rings. The first kappa shape index (κ1) is 13.7. The second-order valence-electron chi connectivity index (χ2n) is 5.76. The number of methoxy groups -OCH3 is 1. The Morgan fingerprint density at radius 1 is 1.22 bits per heavy atom. The molecular weight excluding hydrogens is 229 g/mol. The molecule has 0 radical (unpaired) electrons. The summed E-state index contributed by atoms with van der Waals surface area (Å²) in [6, 6.07) is 2.04. The van der Waals surface area contributed by atoms with Crippen LogP contribution in [0, 0.1) is 0 Å². The van der Waals surface area contributed by atoms with Gasteiger partial charge in [-0.25, -0.2) is 0 Å². The van der Waals surface area contributed by atoms with E-state index in [1.807, 2.05) is 12.3 Å². The van der Waals surface area contributed by atoms with Crippen molar-refractivity contribution in [2.24, 2.45) is 0 Å². The van der Waals surface area contributed by atoms with Crippen LogP contribution in [0.1, 0.15) is 27.7 Å². The molecule has 0 amide bonds. The summed E-state index contributed by atoms with van der Waals surface area (Å²) in [7, 11) is 1.43. The number of rotatable bonds is 4. The lowest BCUT2D eigenvalue weighted by Gasteiger charge is -2.32. The average molecular weight is 251 g/mol. The maximum atomic E-state index is 6.00. The van der Waals surface area contributed by atoms with E-state index in [0.29, 0.717) is 6.61 Å². The molecule has 0 aromatic carbocycles. The molecule has 5 heteroatoms. The van der Waals surface area contributed by atoms with Gasteiger partial charge in [0.1, 0.15) is 0 Å². The monoisotopic (exact) mass is 251 g/mol. The van der Waals surface area contributed by atoms with Gasteiger partial charge >= 0.3 is 7.12 Å². The van der Waals surface area contributed by atoms with Crippen LogP contribution in [0.25, 0.3) is 0 Å². The lowest BCUT2D eigenvalue weighted by Crippen LogP contribution is -2.41. The Morgan fingerprint density at radius 3 is 2.39 bits per heavy atom. The van der Waals surface area contributed by atoms with Crippen molar-refractivity contribution >= 4 is 12.6 Å². The van der Waals surface area contributed by atoms with Crippen LogP contribution in [0.5, 0.6) is 0 Å². The van der Waals surface area contributed by atoms with E-state index in [2.05, 4.69) is 38.5 Å². The molecule has 1 fully saturated rings. The van der Waals surface area contributed by atoms with Crippen molar-refractivity contribution in [1.29, 1.82) is 0 Å². The van der Waals surface area contributed by atoms with Gasteiger partial charge in [-0.05, 0) is 33.8 Å². The van der Waals surface area contributed by atoms with E-state index in [4.69, 9.17) is 14.0 Å². The van der Waals surface area contributed by atoms with E-state index in [-0.39, 0.29) is 18.3 Å². The zero-order valence-electron chi connectivity index (χ0n) is 11.9. The number of nitrogens with zero attached hydrogens (tertiary/aromatic N) is 1. The summed E-state index contributed by atoms with van der Waals surface area (Å²) in [5.74, 6) is 0. The molecule has 0 atom stereocenters. The van der Waals surface area contributed by atoms with Crippen LogP contribution in [0.15, 0.2) is 18.5 Å². The van der Waals surface area contributed by atoms with Crippen LogP contribution in [-0.4, -0.2) is 36.6 Å². The van der Waals surface area contributed by atoms with E-state index in [9.17, 15) is 0 Å². The Balaban J connectivity index is 2.07. The maximum absolute atomic E-state index is 6.00. The minimum atomic E-state index is -0.285. The molecule has 0 spiro atoms. The van der Waals surface area contributed by atoms with E-state index in [1.165, 1.54) is 0 Å². The fraction of sp³-hybridized carbons (Fsp3) is 0.692. The molecule has 1 aromatic heterocycles. The summed E-state index contributed by atoms with van der Waals surface area (Å²) in [5.41, 5.74) is 0.489. The molecule has 4 nitrogen and oxygen atoms in total. The minimum absolute atomic E-state index is 0.279. The van der Waals surface area contributed by atoms with Gasteiger partial charge in [0.2, 0.25) is 0 Å². The summed E-state index contributed by atoms with van der Waals surface area (Å²) in [5, 5.41) is 0. The van der Waals surface area contributed by atoms with Gasteiger partial charge in [0.05, 0.1) is 17.8 Å². The fourth-order valence-corrected chi connectivity index (χ4v) is 1.91. The Hall–Kier alpha value is -0.775. The highest BCUT2D eigenvalue weighted by Crippen LogP contribution is 2.36. The highest BCUT2D eigenvalue weighted by atomic mass is 16.7. The molecule has 0 aliphatic carbocycles. The average Bonchev–Trinajstić information content (AvgIpc) is 2.80. The molecule has 100 valence electrons. The first-order valence-electron chi connectivity index (χ1n) is 6.36. The minimum Gasteiger partial charge on any atom is -0.399 e. The molecule has 1 aliphatic rings. The van der Waals surface area contributed by atoms with Gasteiger partial charge in [0.25, 0.3) is 0 Å². The van der Waals surface area contributed by atoms with Crippen LogP contribution in [-0.2, 0) is 20.6 Å². The number of hydrogen-bond acceptors (Lipinski definition) is 3. The van der Waals surface area contributed by atoms with Crippen molar-refractivity contribution in [2.45, 2.75) is 45.4 Å². The fourth-order valence-electron chi connectivity index (χ4n) is 1.91. The largest absolute Gasteiger partial charge is 0.496 e. The summed E-state index contributed by atoms with van der Waals surface area (Å²) in [6.07, 6.45) is 4.08. The van der Waals surface area contributed by atoms with Crippen molar-refractivity contribution in [3.05, 3.63) is 18.5 Å². The predicted molar refractivity (Wildman–Crippen MR) is 72.0 cm³/mol. The van der Waals surface area contributed by atoms with Gasteiger partial charge in [-0.15, -0.1) is 0 Å². The zero-order chi connectivity index (χ0) is 13.4. The van der Waals surface area contributed by atoms with E-state index >= 15 is 0 Å². The molecule has 2 heterocycles. The van der Waals surface area contributed by atoms with E-state index in [0.717, 1.165) is 12.0 Å². The Morgan fingerprint density at radius 2 is 1.83 bits per heavy atom. The topological polar surface area (TPSA) is 32.6 Å². The van der Waals surface area contributed by atoms with Crippen LogP contribution < -0.4 is 5.46 Å². The third-order valence-electron chi connectivity index (χ3n) is 3.85. The standard InChI is InChI=1S/C13H22BNO3/c1-12(2)13(3,4)18-14(17-12)11-6-7-15(10-11)8-9-16-5/h6-7,10H,8-9H2,1-5H3. The first-order chi connectivity index (χ1) is 8.36. The highest BCUT2D eigenvalue weighted by Gasteiger charge is 2.51. The van der Waals surface area contributed by atoms with Crippen molar-refractivity contribution in [3.8, 4) is 0 Å². The molecule has 0 N–H and O–H groups in total. The normalized spacial score (nSPS) is 21.5. The molecule has 0 bridgehead atoms. The van der Waals surface area contributed by atoms with Gasteiger partial charge in [0.15, 0.2) is 0 Å². The van der Waals surface area contributed by atoms with Crippen LogP contribution in [0.2, 0.25) is 0 Å². The molecule has 2 rings (SSSR count). The molecule has 0 unspecified atom stereocenters. The van der Waals surface area contributed by atoms with Gasteiger partial charge < -0.3 is 18.6 Å². The molecule has 1 aliphatic heterocycles. The number of aromatic nitrogens is 1. The highest BCUT2D eigenvalue weighted by molar-refractivity contribution is 6.62. The van der Waals surface area contributed by atoms with Crippen LogP contribution >= 0.6 is 0 Å². The molecular formula is C13H22BNO3. The van der Waals surface area contributed by atoms with Gasteiger partial charge in [-0.1, -0.05) is 0 Å². The number of hydrogen-bond donors (Lipinski definition) is 0. The third kappa shape index (κ3) is 2.48. The smallest absolute Gasteiger partial charge is 0.399 e. The summed E-state index contributed by atoms with van der Waals surface area (Å²) >= 11 is 0. The van der Waals surface area contributed by atoms with Gasteiger partial charge in [-0.2, -0.15) is 0 Å². The van der Waals surface area contributed by atoms with Crippen molar-refractivity contribution in [3.63, 3.8) is 0 Å². The van der Waals surface area contributed by atoms with Crippen molar-refractivity contribution in [1.82, 2.24) is 4.57 Å². The maximum Gasteiger partial charge on any atom is 0.496 e. The van der Waals surface area contributed by atoms with Gasteiger partial charge in [0, 0.05) is 31.5 Å². The van der Waals surface area contributed by atoms with E-state index in [1.54, 1.807) is 7.11 Å². The molecule has 0 saturated carbocycles. The van der Waals surface area contributed by atoms with Crippen molar-refractivity contribution < 1.29 is 14.0 Å². The summed E-state index contributed by atoms with van der Waals surface area (Å²) in [4.78, 5) is 0. The Labute approximate surface area is 109 Å². The Bertz CT molecular complexity index is 398. The lowest BCUT2D eigenvalue weighted by molar-refractivity contribution is 0.00578. The van der Waals surface area contributed by atoms with Crippen LogP contribution in [0.3, 0.4) is 0 Å². The first-order valence-corrected chi connectivity index (χ1v) is 6.36. The molecule has 1 saturated heterocycles. The molecule has 18 heavy (non-hydrogen) atoms. The summed E-state index contributed by atoms with van der Waals surface area (Å²) < 4.78 is 19.2. The van der Waals surface area contributed by atoms with E-state index < -0.39 is 0 Å². The van der Waals surface area contributed by atoms with Crippen LogP contribution in [0.4, 0.5) is 0 Å². The quantitative estimate of drug-likeness (QED) is 0.759. The second kappa shape index (κ2) is 4.72. The second-order valence-corrected chi connectivity index (χ2v) is 5.76. The summed E-state index contributed by atoms with van der Waals surface area (Å²) in [6.45, 7) is 9.81. The predicted octanol–water partition coefficient (Wildman–Crippen LogP) is 1.43. The Kier molecular flexibility index (Phi) is 3.58. The lowest BCUT2D eigenvalue weighted by atomic mass is 9.81. The van der Waals surface area contributed by atoms with Crippen molar-refractivity contribution in [2.75, 3.05) is 13.7 Å². The van der Waals surface area contributed by atoms with Gasteiger partial charge in [-0.3, -0.25) is 0 Å². The SMILES string of the molecule is COCCn1ccc(B2OC(C)(C)C(C)(C)O2)c1. The third-order valence-corrected chi connectivity index (χ3v) is 3.85.